The van der Waals surface area contributed by atoms with E-state index < -0.39 is 23.4 Å². The highest BCUT2D eigenvalue weighted by atomic mass is 35.5. The number of non-ortho nitro benzene ring substituents is 1. The molecule has 1 amide bonds. The zero-order chi connectivity index (χ0) is 19.3. The van der Waals surface area contributed by atoms with Crippen LogP contribution in [0.15, 0.2) is 36.4 Å². The molecule has 0 aliphatic heterocycles. The number of halogens is 1. The first kappa shape index (κ1) is 19.2. The minimum Gasteiger partial charge on any atom is -0.452 e. The molecule has 0 atom stereocenters. The lowest BCUT2D eigenvalue weighted by Crippen LogP contribution is -2.21. The molecule has 2 rings (SSSR count). The van der Waals surface area contributed by atoms with Crippen molar-refractivity contribution in [2.24, 2.45) is 0 Å². The van der Waals surface area contributed by atoms with Crippen molar-refractivity contribution in [2.45, 2.75) is 6.92 Å². The minimum absolute atomic E-state index is 0.0339. The highest BCUT2D eigenvalue weighted by molar-refractivity contribution is 6.31. The Balaban J connectivity index is 2.06. The van der Waals surface area contributed by atoms with Gasteiger partial charge in [0.1, 0.15) is 0 Å². The molecule has 0 aromatic heterocycles. The van der Waals surface area contributed by atoms with Crippen molar-refractivity contribution >= 4 is 40.5 Å². The molecule has 0 aliphatic rings. The molecule has 136 valence electrons. The summed E-state index contributed by atoms with van der Waals surface area (Å²) < 4.78 is 4.96. The molecule has 0 aliphatic carbocycles. The molecule has 2 aromatic carbocycles. The van der Waals surface area contributed by atoms with Crippen LogP contribution in [0.25, 0.3) is 0 Å². The topological polar surface area (TPSA) is 111 Å². The molecule has 0 fully saturated rings. The number of carbonyl (C=O) groups excluding carboxylic acids is 2. The first-order valence-corrected chi connectivity index (χ1v) is 7.89. The lowest BCUT2D eigenvalue weighted by atomic mass is 10.1. The monoisotopic (exact) mass is 377 g/mol. The fourth-order valence-electron chi connectivity index (χ4n) is 2.17. The summed E-state index contributed by atoms with van der Waals surface area (Å²) in [5.41, 5.74) is 1.25. The van der Waals surface area contributed by atoms with Crippen LogP contribution in [-0.4, -0.2) is 30.5 Å². The Morgan fingerprint density at radius 1 is 1.23 bits per heavy atom. The third-order valence-corrected chi connectivity index (χ3v) is 3.99. The lowest BCUT2D eigenvalue weighted by molar-refractivity contribution is -0.384. The Kier molecular flexibility index (Phi) is 6.13. The third kappa shape index (κ3) is 4.48. The van der Waals surface area contributed by atoms with Gasteiger partial charge in [-0.05, 0) is 30.7 Å². The van der Waals surface area contributed by atoms with Gasteiger partial charge in [-0.3, -0.25) is 14.9 Å². The van der Waals surface area contributed by atoms with Crippen LogP contribution in [0, 0.1) is 17.0 Å². The van der Waals surface area contributed by atoms with E-state index in [2.05, 4.69) is 10.6 Å². The van der Waals surface area contributed by atoms with Gasteiger partial charge in [-0.15, -0.1) is 0 Å². The summed E-state index contributed by atoms with van der Waals surface area (Å²) in [6.07, 6.45) is 0. The van der Waals surface area contributed by atoms with Crippen molar-refractivity contribution in [2.75, 3.05) is 24.3 Å². The van der Waals surface area contributed by atoms with Crippen LogP contribution >= 0.6 is 11.6 Å². The molecule has 0 spiro atoms. The molecular weight excluding hydrogens is 362 g/mol. The molecule has 9 heteroatoms. The van der Waals surface area contributed by atoms with E-state index in [1.165, 1.54) is 12.1 Å². The lowest BCUT2D eigenvalue weighted by Gasteiger charge is -2.11. The van der Waals surface area contributed by atoms with Crippen LogP contribution < -0.4 is 10.6 Å². The zero-order valence-electron chi connectivity index (χ0n) is 14.0. The van der Waals surface area contributed by atoms with Crippen LogP contribution in [0.3, 0.4) is 0 Å². The van der Waals surface area contributed by atoms with Gasteiger partial charge in [0, 0.05) is 35.6 Å². The van der Waals surface area contributed by atoms with E-state index in [9.17, 15) is 19.7 Å². The average Bonchev–Trinajstić information content (AvgIpc) is 2.62. The first-order chi connectivity index (χ1) is 12.3. The van der Waals surface area contributed by atoms with E-state index in [1.807, 2.05) is 0 Å². The second-order valence-electron chi connectivity index (χ2n) is 5.27. The minimum atomic E-state index is -0.851. The van der Waals surface area contributed by atoms with Crippen molar-refractivity contribution in [1.82, 2.24) is 0 Å². The highest BCUT2D eigenvalue weighted by Crippen LogP contribution is 2.24. The van der Waals surface area contributed by atoms with Crippen LogP contribution in [0.2, 0.25) is 5.02 Å². The van der Waals surface area contributed by atoms with E-state index in [4.69, 9.17) is 16.3 Å². The van der Waals surface area contributed by atoms with Crippen LogP contribution in [-0.2, 0) is 9.53 Å². The largest absolute Gasteiger partial charge is 0.452 e. The number of hydrogen-bond acceptors (Lipinski definition) is 6. The van der Waals surface area contributed by atoms with Crippen LogP contribution in [0.5, 0.6) is 0 Å². The van der Waals surface area contributed by atoms with Crippen LogP contribution in [0.1, 0.15) is 15.9 Å². The van der Waals surface area contributed by atoms with Crippen LogP contribution in [0.4, 0.5) is 17.1 Å². The number of nitrogens with one attached hydrogen (secondary N) is 2. The van der Waals surface area contributed by atoms with Gasteiger partial charge in [0.05, 0.1) is 10.5 Å². The molecule has 0 saturated carbocycles. The van der Waals surface area contributed by atoms with Gasteiger partial charge in [-0.25, -0.2) is 4.79 Å². The Morgan fingerprint density at radius 2 is 1.96 bits per heavy atom. The summed E-state index contributed by atoms with van der Waals surface area (Å²) in [7, 11) is 1.56. The number of amides is 1. The Morgan fingerprint density at radius 3 is 2.62 bits per heavy atom. The number of benzene rings is 2. The van der Waals surface area contributed by atoms with Gasteiger partial charge in [0.15, 0.2) is 6.61 Å². The van der Waals surface area contributed by atoms with Crippen molar-refractivity contribution in [3.8, 4) is 0 Å². The van der Waals surface area contributed by atoms with Gasteiger partial charge in [-0.1, -0.05) is 17.7 Å². The van der Waals surface area contributed by atoms with Gasteiger partial charge in [-0.2, -0.15) is 0 Å². The predicted octanol–water partition coefficient (Wildman–Crippen LogP) is 3.39. The maximum absolute atomic E-state index is 12.2. The summed E-state index contributed by atoms with van der Waals surface area (Å²) in [6.45, 7) is 1.20. The molecular formula is C17H16ClN3O5. The SMILES string of the molecule is CNc1ccc([N+](=O)[O-])cc1C(=O)OCC(=O)Nc1cccc(Cl)c1C. The number of hydrogen-bond donors (Lipinski definition) is 2. The summed E-state index contributed by atoms with van der Waals surface area (Å²) >= 11 is 5.98. The van der Waals surface area contributed by atoms with Gasteiger partial charge in [0.2, 0.25) is 0 Å². The van der Waals surface area contributed by atoms with E-state index >= 15 is 0 Å². The highest BCUT2D eigenvalue weighted by Gasteiger charge is 2.18. The smallest absolute Gasteiger partial charge is 0.341 e. The van der Waals surface area contributed by atoms with E-state index in [0.717, 1.165) is 6.07 Å². The number of nitro groups is 1. The number of ether oxygens (including phenoxy) is 1. The Bertz CT molecular complexity index is 869. The molecule has 8 nitrogen and oxygen atoms in total. The van der Waals surface area contributed by atoms with E-state index in [1.54, 1.807) is 32.2 Å². The van der Waals surface area contributed by atoms with Crippen molar-refractivity contribution < 1.29 is 19.2 Å². The number of anilines is 2. The number of nitrogens with zero attached hydrogens (tertiary/aromatic N) is 1. The fraction of sp³-hybridized carbons (Fsp3) is 0.176. The average molecular weight is 378 g/mol. The maximum atomic E-state index is 12.2. The Labute approximate surface area is 154 Å². The van der Waals surface area contributed by atoms with Crippen molar-refractivity contribution in [1.29, 1.82) is 0 Å². The second-order valence-corrected chi connectivity index (χ2v) is 5.68. The van der Waals surface area contributed by atoms with Gasteiger partial charge < -0.3 is 15.4 Å². The van der Waals surface area contributed by atoms with Crippen molar-refractivity contribution in [3.05, 3.63) is 62.7 Å². The molecule has 2 aromatic rings. The fourth-order valence-corrected chi connectivity index (χ4v) is 2.35. The molecule has 0 unspecified atom stereocenters. The molecule has 26 heavy (non-hydrogen) atoms. The standard InChI is InChI=1S/C17H16ClN3O5/c1-10-13(18)4-3-5-14(10)20-16(22)9-26-17(23)12-8-11(21(24)25)6-7-15(12)19-2/h3-8,19H,9H2,1-2H3,(H,20,22). The summed E-state index contributed by atoms with van der Waals surface area (Å²) in [4.78, 5) is 34.4. The Hall–Kier alpha value is -3.13. The number of carbonyl (C=O) groups is 2. The summed E-state index contributed by atoms with van der Waals surface area (Å²) in [5.74, 6) is -1.41. The zero-order valence-corrected chi connectivity index (χ0v) is 14.8. The number of nitro benzene ring substituents is 1. The number of rotatable bonds is 6. The second kappa shape index (κ2) is 8.30. The van der Waals surface area contributed by atoms with Gasteiger partial charge >= 0.3 is 5.97 Å². The van der Waals surface area contributed by atoms with Gasteiger partial charge in [0.25, 0.3) is 11.6 Å². The number of esters is 1. The third-order valence-electron chi connectivity index (χ3n) is 3.58. The van der Waals surface area contributed by atoms with E-state index in [-0.39, 0.29) is 11.3 Å². The molecule has 0 heterocycles. The first-order valence-electron chi connectivity index (χ1n) is 7.51. The summed E-state index contributed by atoms with van der Waals surface area (Å²) in [6, 6.07) is 8.78. The molecule has 0 saturated heterocycles. The molecule has 0 bridgehead atoms. The maximum Gasteiger partial charge on any atom is 0.341 e. The molecule has 0 radical (unpaired) electrons. The van der Waals surface area contributed by atoms with E-state index in [0.29, 0.717) is 22.0 Å². The molecule has 2 N–H and O–H groups in total. The predicted molar refractivity (Wildman–Crippen MR) is 97.7 cm³/mol. The van der Waals surface area contributed by atoms with Crippen molar-refractivity contribution in [3.63, 3.8) is 0 Å². The normalized spacial score (nSPS) is 10.1. The quantitative estimate of drug-likeness (QED) is 0.453. The summed E-state index contributed by atoms with van der Waals surface area (Å²) in [5, 5.41) is 16.7.